The summed E-state index contributed by atoms with van der Waals surface area (Å²) in [4.78, 5) is 0. The number of benzene rings is 1. The van der Waals surface area contributed by atoms with Crippen LogP contribution in [-0.4, -0.2) is 18.7 Å². The normalized spacial score (nSPS) is 15.5. The molecule has 1 heterocycles. The zero-order valence-electron chi connectivity index (χ0n) is 8.60. The molecule has 2 N–H and O–H groups in total. The van der Waals surface area contributed by atoms with Crippen LogP contribution in [0.15, 0.2) is 34.5 Å². The van der Waals surface area contributed by atoms with Crippen LogP contribution in [0.25, 0.3) is 0 Å². The maximum atomic E-state index is 5.56. The molecule has 0 atom stereocenters. The topological polar surface area (TPSA) is 60.0 Å². The summed E-state index contributed by atoms with van der Waals surface area (Å²) in [6.07, 6.45) is 1.58. The quantitative estimate of drug-likeness (QED) is 0.792. The highest BCUT2D eigenvalue weighted by Crippen LogP contribution is 2.21. The molecule has 0 aromatic heterocycles. The number of nitrogens with two attached hydrogens (primary N) is 1. The van der Waals surface area contributed by atoms with Crippen molar-refractivity contribution in [3.05, 3.63) is 29.8 Å². The van der Waals surface area contributed by atoms with E-state index in [0.29, 0.717) is 5.84 Å². The van der Waals surface area contributed by atoms with Crippen LogP contribution in [0.1, 0.15) is 18.4 Å². The summed E-state index contributed by atoms with van der Waals surface area (Å²) in [5, 5.41) is 7.98. The Morgan fingerprint density at radius 1 is 1.20 bits per heavy atom. The van der Waals surface area contributed by atoms with Gasteiger partial charge < -0.3 is 10.5 Å². The van der Waals surface area contributed by atoms with Gasteiger partial charge in [0.15, 0.2) is 0 Å². The van der Waals surface area contributed by atoms with Crippen molar-refractivity contribution in [1.82, 2.24) is 0 Å². The molecule has 0 radical (unpaired) electrons. The number of rotatable bonds is 2. The molecule has 4 nitrogen and oxygen atoms in total. The molecular weight excluding hydrogens is 190 g/mol. The minimum absolute atomic E-state index is 0.591. The SMILES string of the molecule is COc1ccccc1C1=NN=C(N)CC1. The van der Waals surface area contributed by atoms with Crippen molar-refractivity contribution in [2.75, 3.05) is 7.11 Å². The van der Waals surface area contributed by atoms with Gasteiger partial charge in [0.25, 0.3) is 0 Å². The summed E-state index contributed by atoms with van der Waals surface area (Å²) in [6, 6.07) is 7.79. The van der Waals surface area contributed by atoms with Crippen LogP contribution in [0.2, 0.25) is 0 Å². The number of para-hydroxylation sites is 1. The van der Waals surface area contributed by atoms with E-state index in [4.69, 9.17) is 10.5 Å². The van der Waals surface area contributed by atoms with Gasteiger partial charge in [-0.05, 0) is 18.6 Å². The predicted molar refractivity (Wildman–Crippen MR) is 60.4 cm³/mol. The van der Waals surface area contributed by atoms with E-state index in [9.17, 15) is 0 Å². The highest BCUT2D eigenvalue weighted by atomic mass is 16.5. The summed E-state index contributed by atoms with van der Waals surface area (Å²) in [5.41, 5.74) is 7.49. The van der Waals surface area contributed by atoms with E-state index in [0.717, 1.165) is 29.9 Å². The first-order chi connectivity index (χ1) is 7.31. The fraction of sp³-hybridized carbons (Fsp3) is 0.273. The molecule has 78 valence electrons. The van der Waals surface area contributed by atoms with Crippen molar-refractivity contribution in [3.8, 4) is 5.75 Å². The van der Waals surface area contributed by atoms with Crippen molar-refractivity contribution in [1.29, 1.82) is 0 Å². The summed E-state index contributed by atoms with van der Waals surface area (Å²) in [5.74, 6) is 1.42. The molecule has 0 saturated heterocycles. The number of nitrogens with zero attached hydrogens (tertiary/aromatic N) is 2. The second-order valence-electron chi connectivity index (χ2n) is 3.34. The molecule has 0 fully saturated rings. The fourth-order valence-electron chi connectivity index (χ4n) is 1.54. The van der Waals surface area contributed by atoms with E-state index in [1.807, 2.05) is 24.3 Å². The lowest BCUT2D eigenvalue weighted by molar-refractivity contribution is 0.414. The van der Waals surface area contributed by atoms with E-state index in [2.05, 4.69) is 10.2 Å². The first-order valence-corrected chi connectivity index (χ1v) is 4.83. The monoisotopic (exact) mass is 203 g/mol. The molecule has 4 heteroatoms. The summed E-state index contributed by atoms with van der Waals surface area (Å²) in [7, 11) is 1.65. The molecule has 0 amide bonds. The molecule has 0 aliphatic carbocycles. The van der Waals surface area contributed by atoms with Gasteiger partial charge in [-0.2, -0.15) is 5.10 Å². The minimum Gasteiger partial charge on any atom is -0.496 e. The largest absolute Gasteiger partial charge is 0.496 e. The van der Waals surface area contributed by atoms with Crippen molar-refractivity contribution in [2.45, 2.75) is 12.8 Å². The van der Waals surface area contributed by atoms with E-state index in [-0.39, 0.29) is 0 Å². The third kappa shape index (κ3) is 1.98. The van der Waals surface area contributed by atoms with E-state index in [1.165, 1.54) is 0 Å². The second kappa shape index (κ2) is 4.13. The van der Waals surface area contributed by atoms with Gasteiger partial charge in [0.05, 0.1) is 12.8 Å². The van der Waals surface area contributed by atoms with Crippen molar-refractivity contribution in [2.24, 2.45) is 15.9 Å². The second-order valence-corrected chi connectivity index (χ2v) is 3.34. The molecule has 0 saturated carbocycles. The van der Waals surface area contributed by atoms with Gasteiger partial charge in [-0.1, -0.05) is 12.1 Å². The standard InChI is InChI=1S/C11H13N3O/c1-15-10-5-3-2-4-8(10)9-6-7-11(12)14-13-9/h2-5H,6-7H2,1H3,(H2,12,14). The Labute approximate surface area is 88.5 Å². The molecule has 0 spiro atoms. The Morgan fingerprint density at radius 2 is 2.00 bits per heavy atom. The van der Waals surface area contributed by atoms with E-state index < -0.39 is 0 Å². The lowest BCUT2D eigenvalue weighted by atomic mass is 10.0. The Morgan fingerprint density at radius 3 is 2.67 bits per heavy atom. The molecule has 0 unspecified atom stereocenters. The molecule has 1 aliphatic rings. The van der Waals surface area contributed by atoms with E-state index >= 15 is 0 Å². The predicted octanol–water partition coefficient (Wildman–Crippen LogP) is 1.55. The van der Waals surface area contributed by atoms with Crippen LogP contribution >= 0.6 is 0 Å². The van der Waals surface area contributed by atoms with Gasteiger partial charge in [-0.15, -0.1) is 5.10 Å². The first kappa shape index (κ1) is 9.71. The number of ether oxygens (including phenoxy) is 1. The third-order valence-electron chi connectivity index (χ3n) is 2.33. The maximum absolute atomic E-state index is 5.56. The third-order valence-corrected chi connectivity index (χ3v) is 2.33. The average molecular weight is 203 g/mol. The van der Waals surface area contributed by atoms with Gasteiger partial charge in [0, 0.05) is 12.0 Å². The van der Waals surface area contributed by atoms with Gasteiger partial charge >= 0.3 is 0 Å². The van der Waals surface area contributed by atoms with Crippen molar-refractivity contribution in [3.63, 3.8) is 0 Å². The van der Waals surface area contributed by atoms with Crippen molar-refractivity contribution < 1.29 is 4.74 Å². The zero-order chi connectivity index (χ0) is 10.7. The Bertz CT molecular complexity index is 424. The number of hydrogen-bond acceptors (Lipinski definition) is 4. The van der Waals surface area contributed by atoms with E-state index in [1.54, 1.807) is 7.11 Å². The molecular formula is C11H13N3O. The Hall–Kier alpha value is -1.84. The molecule has 2 rings (SSSR count). The first-order valence-electron chi connectivity index (χ1n) is 4.83. The smallest absolute Gasteiger partial charge is 0.127 e. The number of amidine groups is 1. The molecule has 15 heavy (non-hydrogen) atoms. The van der Waals surface area contributed by atoms with Gasteiger partial charge in [-0.3, -0.25) is 0 Å². The van der Waals surface area contributed by atoms with Crippen LogP contribution in [0.5, 0.6) is 5.75 Å². The summed E-state index contributed by atoms with van der Waals surface area (Å²) in [6.45, 7) is 0. The molecule has 1 aromatic rings. The van der Waals surface area contributed by atoms with Crippen molar-refractivity contribution >= 4 is 11.5 Å². The summed E-state index contributed by atoms with van der Waals surface area (Å²) >= 11 is 0. The van der Waals surface area contributed by atoms with Crippen LogP contribution in [0, 0.1) is 0 Å². The van der Waals surface area contributed by atoms with Gasteiger partial charge in [0.2, 0.25) is 0 Å². The maximum Gasteiger partial charge on any atom is 0.127 e. The van der Waals surface area contributed by atoms with Gasteiger partial charge in [-0.25, -0.2) is 0 Å². The average Bonchev–Trinajstić information content (AvgIpc) is 2.30. The highest BCUT2D eigenvalue weighted by molar-refractivity contribution is 6.05. The Balaban J connectivity index is 2.37. The molecule has 1 aromatic carbocycles. The van der Waals surface area contributed by atoms with Crippen LogP contribution < -0.4 is 10.5 Å². The zero-order valence-corrected chi connectivity index (χ0v) is 8.60. The van der Waals surface area contributed by atoms with Gasteiger partial charge in [0.1, 0.15) is 11.6 Å². The van der Waals surface area contributed by atoms with Crippen LogP contribution in [0.4, 0.5) is 0 Å². The summed E-state index contributed by atoms with van der Waals surface area (Å²) < 4.78 is 5.26. The Kier molecular flexibility index (Phi) is 2.67. The lowest BCUT2D eigenvalue weighted by Crippen LogP contribution is -2.18. The number of hydrogen-bond donors (Lipinski definition) is 1. The highest BCUT2D eigenvalue weighted by Gasteiger charge is 2.13. The minimum atomic E-state index is 0.591. The van der Waals surface area contributed by atoms with Crippen LogP contribution in [0.3, 0.4) is 0 Å². The van der Waals surface area contributed by atoms with Crippen LogP contribution in [-0.2, 0) is 0 Å². The lowest BCUT2D eigenvalue weighted by Gasteiger charge is -2.12. The molecule has 0 bridgehead atoms. The molecule has 1 aliphatic heterocycles. The fourth-order valence-corrected chi connectivity index (χ4v) is 1.54. The number of methoxy groups -OCH3 is 1.